The summed E-state index contributed by atoms with van der Waals surface area (Å²) >= 11 is 7.84. The molecule has 0 unspecified atom stereocenters. The first-order valence-electron chi connectivity index (χ1n) is 7.02. The second-order valence-electron chi connectivity index (χ2n) is 5.23. The van der Waals surface area contributed by atoms with E-state index in [2.05, 4.69) is 5.32 Å². The summed E-state index contributed by atoms with van der Waals surface area (Å²) in [6, 6.07) is 15.7. The molecule has 22 heavy (non-hydrogen) atoms. The van der Waals surface area contributed by atoms with Crippen LogP contribution in [0, 0.1) is 0 Å². The zero-order valence-electron chi connectivity index (χ0n) is 11.7. The number of fused-ring (bicyclic) bond motifs is 3. The number of nitrogens with one attached hydrogen (secondary N) is 1. The molecule has 1 N–H and O–H groups in total. The molecule has 3 nitrogen and oxygen atoms in total. The van der Waals surface area contributed by atoms with Gasteiger partial charge in [-0.25, -0.2) is 0 Å². The molecule has 0 aliphatic carbocycles. The van der Waals surface area contributed by atoms with Gasteiger partial charge in [0.15, 0.2) is 0 Å². The van der Waals surface area contributed by atoms with E-state index >= 15 is 0 Å². The molecule has 4 rings (SSSR count). The Bertz CT molecular complexity index is 874. The first kappa shape index (κ1) is 13.6. The zero-order chi connectivity index (χ0) is 15.1. The molecule has 3 aromatic rings. The van der Waals surface area contributed by atoms with Crippen LogP contribution in [0.15, 0.2) is 48.5 Å². The number of anilines is 1. The summed E-state index contributed by atoms with van der Waals surface area (Å²) in [6.45, 7) is 1.01. The molecule has 2 heterocycles. The van der Waals surface area contributed by atoms with Crippen LogP contribution in [0.1, 0.15) is 15.9 Å². The van der Waals surface area contributed by atoms with E-state index in [-0.39, 0.29) is 5.91 Å². The number of thiophene rings is 1. The summed E-state index contributed by atoms with van der Waals surface area (Å²) in [6.07, 6.45) is 0. The zero-order valence-corrected chi connectivity index (χ0v) is 13.2. The van der Waals surface area contributed by atoms with Gasteiger partial charge in [0, 0.05) is 21.7 Å². The normalized spacial score (nSPS) is 14.0. The maximum absolute atomic E-state index is 12.9. The Labute approximate surface area is 137 Å². The molecule has 110 valence electrons. The number of halogens is 1. The highest BCUT2D eigenvalue weighted by Crippen LogP contribution is 2.38. The van der Waals surface area contributed by atoms with Crippen LogP contribution in [-0.4, -0.2) is 17.5 Å². The Morgan fingerprint density at radius 3 is 2.77 bits per heavy atom. The van der Waals surface area contributed by atoms with Gasteiger partial charge in [-0.3, -0.25) is 4.79 Å². The average molecular weight is 329 g/mol. The number of rotatable bonds is 2. The Morgan fingerprint density at radius 1 is 1.14 bits per heavy atom. The molecule has 0 bridgehead atoms. The van der Waals surface area contributed by atoms with Crippen molar-refractivity contribution >= 4 is 43.9 Å². The molecule has 0 spiro atoms. The molecule has 1 aromatic heterocycles. The predicted octanol–water partition coefficient (Wildman–Crippen LogP) is 4.58. The largest absolute Gasteiger partial charge is 0.359 e. The summed E-state index contributed by atoms with van der Waals surface area (Å²) < 4.78 is 1.13. The lowest BCUT2D eigenvalue weighted by Gasteiger charge is -2.28. The Morgan fingerprint density at radius 2 is 1.91 bits per heavy atom. The van der Waals surface area contributed by atoms with E-state index in [1.165, 1.54) is 0 Å². The van der Waals surface area contributed by atoms with Gasteiger partial charge in [0.05, 0.1) is 12.2 Å². The molecule has 1 amide bonds. The lowest BCUT2D eigenvalue weighted by Crippen LogP contribution is -2.38. The molecular weight excluding hydrogens is 316 g/mol. The minimum absolute atomic E-state index is 0.0612. The molecule has 1 aliphatic rings. The number of amides is 1. The van der Waals surface area contributed by atoms with Gasteiger partial charge in [0.1, 0.15) is 5.00 Å². The van der Waals surface area contributed by atoms with Crippen molar-refractivity contribution in [3.05, 3.63) is 64.7 Å². The number of benzene rings is 2. The average Bonchev–Trinajstić information content (AvgIpc) is 2.91. The summed E-state index contributed by atoms with van der Waals surface area (Å²) in [5.41, 5.74) is 1.74. The van der Waals surface area contributed by atoms with Crippen LogP contribution in [-0.2, 0) is 6.54 Å². The first-order chi connectivity index (χ1) is 10.7. The standard InChI is InChI=1S/C17H13ClN2OS/c18-13-7-3-1-5-11(13)9-20-10-19-16-15(17(20)21)12-6-2-4-8-14(12)22-16/h1-8,19H,9-10H2. The lowest BCUT2D eigenvalue weighted by molar-refractivity contribution is 0.0749. The maximum Gasteiger partial charge on any atom is 0.259 e. The molecule has 0 radical (unpaired) electrons. The van der Waals surface area contributed by atoms with Crippen LogP contribution in [0.5, 0.6) is 0 Å². The molecule has 0 saturated carbocycles. The van der Waals surface area contributed by atoms with Crippen LogP contribution >= 0.6 is 22.9 Å². The summed E-state index contributed by atoms with van der Waals surface area (Å²) in [5, 5.41) is 6.02. The third-order valence-electron chi connectivity index (χ3n) is 3.85. The highest BCUT2D eigenvalue weighted by Gasteiger charge is 2.28. The van der Waals surface area contributed by atoms with Gasteiger partial charge >= 0.3 is 0 Å². The highest BCUT2D eigenvalue weighted by atomic mass is 35.5. The number of carbonyl (C=O) groups excluding carboxylic acids is 1. The third kappa shape index (κ3) is 2.16. The summed E-state index contributed by atoms with van der Waals surface area (Å²) in [7, 11) is 0. The Kier molecular flexibility index (Phi) is 3.28. The van der Waals surface area contributed by atoms with Crippen molar-refractivity contribution in [2.45, 2.75) is 6.54 Å². The maximum atomic E-state index is 12.9. The molecule has 1 aliphatic heterocycles. The summed E-state index contributed by atoms with van der Waals surface area (Å²) in [4.78, 5) is 14.7. The fraction of sp³-hybridized carbons (Fsp3) is 0.118. The third-order valence-corrected chi connectivity index (χ3v) is 5.34. The van der Waals surface area contributed by atoms with Crippen LogP contribution in [0.25, 0.3) is 10.1 Å². The van der Waals surface area contributed by atoms with Gasteiger partial charge in [-0.1, -0.05) is 48.0 Å². The van der Waals surface area contributed by atoms with E-state index in [0.29, 0.717) is 18.2 Å². The lowest BCUT2D eigenvalue weighted by atomic mass is 10.1. The van der Waals surface area contributed by atoms with E-state index in [0.717, 1.165) is 26.2 Å². The number of hydrogen-bond donors (Lipinski definition) is 1. The van der Waals surface area contributed by atoms with E-state index in [4.69, 9.17) is 11.6 Å². The van der Waals surface area contributed by atoms with Crippen LogP contribution in [0.3, 0.4) is 0 Å². The topological polar surface area (TPSA) is 32.3 Å². The van der Waals surface area contributed by atoms with Gasteiger partial charge in [-0.2, -0.15) is 0 Å². The van der Waals surface area contributed by atoms with Gasteiger partial charge in [0.25, 0.3) is 5.91 Å². The summed E-state index contributed by atoms with van der Waals surface area (Å²) in [5.74, 6) is 0.0612. The highest BCUT2D eigenvalue weighted by molar-refractivity contribution is 7.23. The first-order valence-corrected chi connectivity index (χ1v) is 8.21. The smallest absolute Gasteiger partial charge is 0.259 e. The van der Waals surface area contributed by atoms with Crippen LogP contribution in [0.4, 0.5) is 5.00 Å². The van der Waals surface area contributed by atoms with Gasteiger partial charge in [0.2, 0.25) is 0 Å². The molecule has 0 atom stereocenters. The number of hydrogen-bond acceptors (Lipinski definition) is 3. The van der Waals surface area contributed by atoms with E-state index in [1.807, 2.05) is 48.5 Å². The van der Waals surface area contributed by atoms with Crippen molar-refractivity contribution in [3.63, 3.8) is 0 Å². The Hall–Kier alpha value is -2.04. The second-order valence-corrected chi connectivity index (χ2v) is 6.69. The molecular formula is C17H13ClN2OS. The predicted molar refractivity (Wildman–Crippen MR) is 91.6 cm³/mol. The minimum atomic E-state index is 0.0612. The molecule has 2 aromatic carbocycles. The fourth-order valence-electron chi connectivity index (χ4n) is 2.74. The van der Waals surface area contributed by atoms with Crippen molar-refractivity contribution in [3.8, 4) is 0 Å². The van der Waals surface area contributed by atoms with Gasteiger partial charge in [-0.05, 0) is 17.7 Å². The van der Waals surface area contributed by atoms with Crippen molar-refractivity contribution in [1.29, 1.82) is 0 Å². The molecule has 0 fully saturated rings. The van der Waals surface area contributed by atoms with Crippen molar-refractivity contribution < 1.29 is 4.79 Å². The quantitative estimate of drug-likeness (QED) is 0.746. The van der Waals surface area contributed by atoms with Gasteiger partial charge < -0.3 is 10.2 Å². The van der Waals surface area contributed by atoms with E-state index in [9.17, 15) is 4.79 Å². The van der Waals surface area contributed by atoms with Crippen molar-refractivity contribution in [2.75, 3.05) is 12.0 Å². The Balaban J connectivity index is 1.71. The van der Waals surface area contributed by atoms with Crippen LogP contribution in [0.2, 0.25) is 5.02 Å². The van der Waals surface area contributed by atoms with Gasteiger partial charge in [-0.15, -0.1) is 11.3 Å². The monoisotopic (exact) mass is 328 g/mol. The second kappa shape index (κ2) is 5.30. The SMILES string of the molecule is O=C1c2c(sc3ccccc23)NCN1Cc1ccccc1Cl. The van der Waals surface area contributed by atoms with E-state index in [1.54, 1.807) is 16.2 Å². The van der Waals surface area contributed by atoms with Crippen molar-refractivity contribution in [2.24, 2.45) is 0 Å². The molecule has 5 heteroatoms. The fourth-order valence-corrected chi connectivity index (χ4v) is 4.02. The van der Waals surface area contributed by atoms with Crippen molar-refractivity contribution in [1.82, 2.24) is 4.90 Å². The number of nitrogens with zero attached hydrogens (tertiary/aromatic N) is 1. The van der Waals surface area contributed by atoms with E-state index < -0.39 is 0 Å². The minimum Gasteiger partial charge on any atom is -0.359 e. The molecule has 0 saturated heterocycles. The van der Waals surface area contributed by atoms with Crippen LogP contribution < -0.4 is 5.32 Å². The number of carbonyl (C=O) groups is 1.